The Bertz CT molecular complexity index is 1420. The summed E-state index contributed by atoms with van der Waals surface area (Å²) >= 11 is 12.2. The molecule has 0 fully saturated rings. The van der Waals surface area contributed by atoms with Gasteiger partial charge in [0.25, 0.3) is 0 Å². The van der Waals surface area contributed by atoms with E-state index in [0.717, 1.165) is 16.1 Å². The third kappa shape index (κ3) is 8.87. The highest BCUT2D eigenvalue weighted by Crippen LogP contribution is 2.25. The van der Waals surface area contributed by atoms with E-state index in [4.69, 9.17) is 27.9 Å². The molecular formula is C29H33Cl2N3O5S. The molecule has 0 saturated heterocycles. The molecule has 3 rings (SSSR count). The van der Waals surface area contributed by atoms with E-state index in [0.29, 0.717) is 28.0 Å². The molecule has 1 atom stereocenters. The average Bonchev–Trinajstić information content (AvgIpc) is 2.90. The lowest BCUT2D eigenvalue weighted by Crippen LogP contribution is -2.52. The Labute approximate surface area is 245 Å². The quantitative estimate of drug-likeness (QED) is 0.303. The molecule has 0 spiro atoms. The Morgan fingerprint density at radius 1 is 0.900 bits per heavy atom. The van der Waals surface area contributed by atoms with E-state index in [1.807, 2.05) is 44.2 Å². The maximum absolute atomic E-state index is 13.6. The molecule has 0 aliphatic heterocycles. The van der Waals surface area contributed by atoms with E-state index in [1.165, 1.54) is 4.90 Å². The van der Waals surface area contributed by atoms with Gasteiger partial charge < -0.3 is 15.0 Å². The number of benzene rings is 3. The lowest BCUT2D eigenvalue weighted by Gasteiger charge is -2.32. The molecule has 0 saturated carbocycles. The van der Waals surface area contributed by atoms with Gasteiger partial charge in [0.2, 0.25) is 21.8 Å². The standard InChI is InChI=1S/C29H33Cl2N3O5S/c1-20(2)32-29(36)21(3)33(17-23-10-15-26(30)27(31)16-23)28(35)18-34(40(4,37)38)24-11-13-25(14-12-24)39-19-22-8-6-5-7-9-22/h5-16,20-21H,17-19H2,1-4H3,(H,32,36)/t21-/m0/s1. The van der Waals surface area contributed by atoms with Crippen LogP contribution in [0.2, 0.25) is 10.0 Å². The first kappa shape index (κ1) is 31.3. The number of amides is 2. The van der Waals surface area contributed by atoms with Crippen LogP contribution in [-0.4, -0.2) is 50.0 Å². The number of anilines is 1. The van der Waals surface area contributed by atoms with E-state index < -0.39 is 28.5 Å². The van der Waals surface area contributed by atoms with Gasteiger partial charge in [0.15, 0.2) is 0 Å². The van der Waals surface area contributed by atoms with Gasteiger partial charge in [0, 0.05) is 12.6 Å². The van der Waals surface area contributed by atoms with Crippen LogP contribution >= 0.6 is 23.2 Å². The molecule has 8 nitrogen and oxygen atoms in total. The minimum Gasteiger partial charge on any atom is -0.489 e. The monoisotopic (exact) mass is 605 g/mol. The summed E-state index contributed by atoms with van der Waals surface area (Å²) < 4.78 is 32.4. The summed E-state index contributed by atoms with van der Waals surface area (Å²) in [5.41, 5.74) is 1.92. The van der Waals surface area contributed by atoms with Crippen LogP contribution in [0.15, 0.2) is 72.8 Å². The molecule has 40 heavy (non-hydrogen) atoms. The summed E-state index contributed by atoms with van der Waals surface area (Å²) in [7, 11) is -3.86. The zero-order valence-corrected chi connectivity index (χ0v) is 25.1. The van der Waals surface area contributed by atoms with Crippen molar-refractivity contribution in [2.75, 3.05) is 17.1 Å². The Hall–Kier alpha value is -3.27. The van der Waals surface area contributed by atoms with Crippen LogP contribution in [0, 0.1) is 0 Å². The number of halogens is 2. The molecule has 0 unspecified atom stereocenters. The highest BCUT2D eigenvalue weighted by molar-refractivity contribution is 7.92. The van der Waals surface area contributed by atoms with Crippen LogP contribution in [-0.2, 0) is 32.8 Å². The molecule has 214 valence electrons. The SMILES string of the molecule is CC(C)NC(=O)[C@H](C)N(Cc1ccc(Cl)c(Cl)c1)C(=O)CN(c1ccc(OCc2ccccc2)cc1)S(C)(=O)=O. The van der Waals surface area contributed by atoms with Crippen molar-refractivity contribution in [3.05, 3.63) is 94.0 Å². The Morgan fingerprint density at radius 3 is 2.12 bits per heavy atom. The first-order valence-corrected chi connectivity index (χ1v) is 15.2. The topological polar surface area (TPSA) is 96.0 Å². The van der Waals surface area contributed by atoms with Crippen molar-refractivity contribution < 1.29 is 22.7 Å². The Morgan fingerprint density at radius 2 is 1.55 bits per heavy atom. The van der Waals surface area contributed by atoms with Crippen molar-refractivity contribution >= 4 is 50.7 Å². The predicted octanol–water partition coefficient (Wildman–Crippen LogP) is 5.28. The molecule has 0 heterocycles. The number of carbonyl (C=O) groups excluding carboxylic acids is 2. The zero-order valence-electron chi connectivity index (χ0n) is 22.8. The van der Waals surface area contributed by atoms with Crippen molar-refractivity contribution in [3.63, 3.8) is 0 Å². The van der Waals surface area contributed by atoms with Gasteiger partial charge >= 0.3 is 0 Å². The third-order valence-corrected chi connectivity index (χ3v) is 7.87. The van der Waals surface area contributed by atoms with Crippen LogP contribution in [0.5, 0.6) is 5.75 Å². The minimum atomic E-state index is -3.86. The summed E-state index contributed by atoms with van der Waals surface area (Å²) in [4.78, 5) is 27.8. The van der Waals surface area contributed by atoms with Crippen LogP contribution in [0.25, 0.3) is 0 Å². The highest BCUT2D eigenvalue weighted by Gasteiger charge is 2.30. The normalized spacial score (nSPS) is 12.1. The van der Waals surface area contributed by atoms with Gasteiger partial charge in [-0.1, -0.05) is 59.6 Å². The zero-order chi connectivity index (χ0) is 29.4. The molecule has 1 N–H and O–H groups in total. The van der Waals surface area contributed by atoms with Crippen molar-refractivity contribution in [1.82, 2.24) is 10.2 Å². The number of carbonyl (C=O) groups is 2. The lowest BCUT2D eigenvalue weighted by molar-refractivity contribution is -0.139. The predicted molar refractivity (Wildman–Crippen MR) is 159 cm³/mol. The van der Waals surface area contributed by atoms with E-state index in [2.05, 4.69) is 5.32 Å². The van der Waals surface area contributed by atoms with Crippen molar-refractivity contribution in [2.45, 2.75) is 46.0 Å². The number of nitrogens with zero attached hydrogens (tertiary/aromatic N) is 2. The average molecular weight is 607 g/mol. The molecule has 2 amide bonds. The smallest absolute Gasteiger partial charge is 0.244 e. The fourth-order valence-corrected chi connectivity index (χ4v) is 5.06. The van der Waals surface area contributed by atoms with Crippen LogP contribution < -0.4 is 14.4 Å². The second kappa shape index (κ2) is 13.9. The maximum Gasteiger partial charge on any atom is 0.244 e. The maximum atomic E-state index is 13.6. The van der Waals surface area contributed by atoms with E-state index >= 15 is 0 Å². The number of nitrogens with one attached hydrogen (secondary N) is 1. The minimum absolute atomic E-state index is 0.0201. The van der Waals surface area contributed by atoms with Gasteiger partial charge in [0.1, 0.15) is 24.9 Å². The molecular weight excluding hydrogens is 573 g/mol. The van der Waals surface area contributed by atoms with Crippen LogP contribution in [0.4, 0.5) is 5.69 Å². The summed E-state index contributed by atoms with van der Waals surface area (Å²) in [6.45, 7) is 5.09. The highest BCUT2D eigenvalue weighted by atomic mass is 35.5. The van der Waals surface area contributed by atoms with E-state index in [1.54, 1.807) is 49.4 Å². The molecule has 11 heteroatoms. The van der Waals surface area contributed by atoms with Crippen LogP contribution in [0.1, 0.15) is 31.9 Å². The van der Waals surface area contributed by atoms with Crippen molar-refractivity contribution in [1.29, 1.82) is 0 Å². The first-order chi connectivity index (χ1) is 18.8. The molecule has 3 aromatic carbocycles. The number of sulfonamides is 1. The summed E-state index contributed by atoms with van der Waals surface area (Å²) in [6.07, 6.45) is 1.03. The third-order valence-electron chi connectivity index (χ3n) is 5.99. The number of hydrogen-bond donors (Lipinski definition) is 1. The Kier molecular flexibility index (Phi) is 10.8. The van der Waals surface area contributed by atoms with Crippen molar-refractivity contribution in [3.8, 4) is 5.75 Å². The van der Waals surface area contributed by atoms with Crippen LogP contribution in [0.3, 0.4) is 0 Å². The number of hydrogen-bond acceptors (Lipinski definition) is 5. The second-order valence-corrected chi connectivity index (χ2v) is 12.4. The number of ether oxygens (including phenoxy) is 1. The molecule has 0 aliphatic carbocycles. The van der Waals surface area contributed by atoms with E-state index in [9.17, 15) is 18.0 Å². The van der Waals surface area contributed by atoms with Gasteiger partial charge in [-0.05, 0) is 68.3 Å². The van der Waals surface area contributed by atoms with Gasteiger partial charge in [-0.15, -0.1) is 0 Å². The largest absolute Gasteiger partial charge is 0.489 e. The Balaban J connectivity index is 1.83. The fourth-order valence-electron chi connectivity index (χ4n) is 3.89. The molecule has 0 radical (unpaired) electrons. The van der Waals surface area contributed by atoms with Gasteiger partial charge in [-0.25, -0.2) is 8.42 Å². The fraction of sp³-hybridized carbons (Fsp3) is 0.310. The molecule has 3 aromatic rings. The molecule has 0 aromatic heterocycles. The summed E-state index contributed by atoms with van der Waals surface area (Å²) in [5, 5.41) is 3.46. The molecule has 0 bridgehead atoms. The van der Waals surface area contributed by atoms with E-state index in [-0.39, 0.29) is 24.2 Å². The van der Waals surface area contributed by atoms with Crippen molar-refractivity contribution in [2.24, 2.45) is 0 Å². The van der Waals surface area contributed by atoms with Gasteiger partial charge in [0.05, 0.1) is 22.0 Å². The summed E-state index contributed by atoms with van der Waals surface area (Å²) in [6, 6.07) is 20.0. The van der Waals surface area contributed by atoms with Gasteiger partial charge in [-0.2, -0.15) is 0 Å². The first-order valence-electron chi connectivity index (χ1n) is 12.6. The second-order valence-electron chi connectivity index (χ2n) is 9.65. The van der Waals surface area contributed by atoms with Gasteiger partial charge in [-0.3, -0.25) is 13.9 Å². The lowest BCUT2D eigenvalue weighted by atomic mass is 10.1. The number of rotatable bonds is 12. The molecule has 0 aliphatic rings. The summed E-state index contributed by atoms with van der Waals surface area (Å²) in [5.74, 6) is -0.380.